The lowest BCUT2D eigenvalue weighted by molar-refractivity contribution is 0.138. The van der Waals surface area contributed by atoms with Crippen LogP contribution in [0.25, 0.3) is 0 Å². The summed E-state index contributed by atoms with van der Waals surface area (Å²) in [7, 11) is 0. The van der Waals surface area contributed by atoms with E-state index in [-0.39, 0.29) is 5.60 Å². The van der Waals surface area contributed by atoms with Gasteiger partial charge in [-0.15, -0.1) is 0 Å². The van der Waals surface area contributed by atoms with Gasteiger partial charge < -0.3 is 10.1 Å². The standard InChI is InChI=1S/C19H31NO/c1-5-11-20-12-10-15(2)6-7-16-8-9-18-17(13-16)14-19(3,4)21-18/h8-9,13,15,20H,5-7,10-12,14H2,1-4H3. The van der Waals surface area contributed by atoms with Gasteiger partial charge >= 0.3 is 0 Å². The molecule has 21 heavy (non-hydrogen) atoms. The molecule has 0 amide bonds. The first kappa shape index (κ1) is 16.4. The number of rotatable bonds is 8. The fraction of sp³-hybridized carbons (Fsp3) is 0.684. The Hall–Kier alpha value is -1.02. The summed E-state index contributed by atoms with van der Waals surface area (Å²) in [6, 6.07) is 6.75. The molecule has 0 fully saturated rings. The fourth-order valence-corrected chi connectivity index (χ4v) is 3.03. The Balaban J connectivity index is 1.77. The minimum absolute atomic E-state index is 0.0286. The summed E-state index contributed by atoms with van der Waals surface area (Å²) in [6.45, 7) is 11.2. The number of hydrogen-bond acceptors (Lipinski definition) is 2. The maximum atomic E-state index is 5.94. The summed E-state index contributed by atoms with van der Waals surface area (Å²) < 4.78 is 5.94. The first-order chi connectivity index (χ1) is 10.00. The molecule has 0 aromatic heterocycles. The van der Waals surface area contributed by atoms with Crippen molar-refractivity contribution in [2.24, 2.45) is 5.92 Å². The van der Waals surface area contributed by atoms with Crippen molar-refractivity contribution in [3.05, 3.63) is 29.3 Å². The highest BCUT2D eigenvalue weighted by Crippen LogP contribution is 2.35. The van der Waals surface area contributed by atoms with E-state index in [2.05, 4.69) is 51.2 Å². The second kappa shape index (κ2) is 7.31. The quantitative estimate of drug-likeness (QED) is 0.718. The number of aryl methyl sites for hydroxylation is 1. The largest absolute Gasteiger partial charge is 0.487 e. The molecule has 0 aliphatic carbocycles. The van der Waals surface area contributed by atoms with Crippen molar-refractivity contribution < 1.29 is 4.74 Å². The van der Waals surface area contributed by atoms with E-state index >= 15 is 0 Å². The summed E-state index contributed by atoms with van der Waals surface area (Å²) in [6.07, 6.45) is 6.00. The molecule has 1 atom stereocenters. The highest BCUT2D eigenvalue weighted by molar-refractivity contribution is 5.41. The lowest BCUT2D eigenvalue weighted by atomic mass is 9.95. The highest BCUT2D eigenvalue weighted by Gasteiger charge is 2.29. The van der Waals surface area contributed by atoms with Crippen molar-refractivity contribution in [3.63, 3.8) is 0 Å². The van der Waals surface area contributed by atoms with Crippen LogP contribution in [-0.2, 0) is 12.8 Å². The van der Waals surface area contributed by atoms with Crippen LogP contribution in [0.2, 0.25) is 0 Å². The molecule has 1 aromatic rings. The Morgan fingerprint density at radius 3 is 2.81 bits per heavy atom. The Morgan fingerprint density at radius 2 is 2.05 bits per heavy atom. The van der Waals surface area contributed by atoms with Crippen LogP contribution >= 0.6 is 0 Å². The molecule has 0 saturated heterocycles. The molecule has 0 spiro atoms. The molecule has 0 radical (unpaired) electrons. The maximum Gasteiger partial charge on any atom is 0.123 e. The zero-order chi connectivity index (χ0) is 15.3. The molecule has 2 heteroatoms. The van der Waals surface area contributed by atoms with Gasteiger partial charge in [0, 0.05) is 6.42 Å². The molecule has 1 aliphatic rings. The van der Waals surface area contributed by atoms with Crippen LogP contribution in [-0.4, -0.2) is 18.7 Å². The fourth-order valence-electron chi connectivity index (χ4n) is 3.03. The van der Waals surface area contributed by atoms with Gasteiger partial charge in [0.1, 0.15) is 11.4 Å². The number of benzene rings is 1. The topological polar surface area (TPSA) is 21.3 Å². The van der Waals surface area contributed by atoms with Crippen LogP contribution in [0.15, 0.2) is 18.2 Å². The second-order valence-corrected chi connectivity index (χ2v) is 7.16. The summed E-state index contributed by atoms with van der Waals surface area (Å²) in [5.41, 5.74) is 2.82. The van der Waals surface area contributed by atoms with E-state index in [1.54, 1.807) is 0 Å². The van der Waals surface area contributed by atoms with Crippen LogP contribution in [0.3, 0.4) is 0 Å². The van der Waals surface area contributed by atoms with Crippen LogP contribution in [0.5, 0.6) is 5.75 Å². The molecule has 0 saturated carbocycles. The van der Waals surface area contributed by atoms with Crippen LogP contribution in [0.1, 0.15) is 58.1 Å². The van der Waals surface area contributed by atoms with Crippen LogP contribution in [0, 0.1) is 5.92 Å². The maximum absolute atomic E-state index is 5.94. The summed E-state index contributed by atoms with van der Waals surface area (Å²) >= 11 is 0. The number of ether oxygens (including phenoxy) is 1. The van der Waals surface area contributed by atoms with Crippen molar-refractivity contribution in [2.45, 2.75) is 65.4 Å². The summed E-state index contributed by atoms with van der Waals surface area (Å²) in [5.74, 6) is 1.87. The zero-order valence-corrected chi connectivity index (χ0v) is 14.2. The first-order valence-electron chi connectivity index (χ1n) is 8.52. The molecule has 1 aliphatic heterocycles. The van der Waals surface area contributed by atoms with Crippen LogP contribution < -0.4 is 10.1 Å². The van der Waals surface area contributed by atoms with Crippen molar-refractivity contribution in [3.8, 4) is 5.75 Å². The lowest BCUT2D eigenvalue weighted by Gasteiger charge is -2.16. The van der Waals surface area contributed by atoms with Gasteiger partial charge in [-0.3, -0.25) is 0 Å². The minimum Gasteiger partial charge on any atom is -0.487 e. The van der Waals surface area contributed by atoms with Gasteiger partial charge in [0.2, 0.25) is 0 Å². The third kappa shape index (κ3) is 5.03. The van der Waals surface area contributed by atoms with E-state index < -0.39 is 0 Å². The predicted octanol–water partition coefficient (Wildman–Crippen LogP) is 4.36. The molecule has 1 unspecified atom stereocenters. The van der Waals surface area contributed by atoms with Gasteiger partial charge in [0.15, 0.2) is 0 Å². The predicted molar refractivity (Wildman–Crippen MR) is 90.1 cm³/mol. The van der Waals surface area contributed by atoms with Gasteiger partial charge in [-0.1, -0.05) is 26.0 Å². The molecule has 1 aromatic carbocycles. The Kier molecular flexibility index (Phi) is 5.69. The second-order valence-electron chi connectivity index (χ2n) is 7.16. The number of nitrogens with one attached hydrogen (secondary N) is 1. The van der Waals surface area contributed by atoms with Gasteiger partial charge in [0.25, 0.3) is 0 Å². The van der Waals surface area contributed by atoms with E-state index in [1.807, 2.05) is 0 Å². The Morgan fingerprint density at radius 1 is 1.24 bits per heavy atom. The number of fused-ring (bicyclic) bond motifs is 1. The van der Waals surface area contributed by atoms with Crippen molar-refractivity contribution in [2.75, 3.05) is 13.1 Å². The van der Waals surface area contributed by atoms with Gasteiger partial charge in [-0.05, 0) is 75.7 Å². The van der Waals surface area contributed by atoms with E-state index in [4.69, 9.17) is 4.74 Å². The van der Waals surface area contributed by atoms with Gasteiger partial charge in [-0.2, -0.15) is 0 Å². The summed E-state index contributed by atoms with van der Waals surface area (Å²) in [4.78, 5) is 0. The average molecular weight is 289 g/mol. The molecule has 1 heterocycles. The molecular formula is C19H31NO. The summed E-state index contributed by atoms with van der Waals surface area (Å²) in [5, 5.41) is 3.49. The van der Waals surface area contributed by atoms with E-state index in [1.165, 1.54) is 36.8 Å². The molecular weight excluding hydrogens is 258 g/mol. The van der Waals surface area contributed by atoms with E-state index in [9.17, 15) is 0 Å². The molecule has 0 bridgehead atoms. The van der Waals surface area contributed by atoms with Crippen molar-refractivity contribution in [1.82, 2.24) is 5.32 Å². The first-order valence-corrected chi connectivity index (χ1v) is 8.52. The van der Waals surface area contributed by atoms with Gasteiger partial charge in [-0.25, -0.2) is 0 Å². The minimum atomic E-state index is -0.0286. The lowest BCUT2D eigenvalue weighted by Crippen LogP contribution is -2.24. The average Bonchev–Trinajstić information content (AvgIpc) is 2.74. The molecule has 1 N–H and O–H groups in total. The Bertz CT molecular complexity index is 453. The highest BCUT2D eigenvalue weighted by atomic mass is 16.5. The normalized spacial score (nSPS) is 17.3. The van der Waals surface area contributed by atoms with Crippen molar-refractivity contribution in [1.29, 1.82) is 0 Å². The zero-order valence-electron chi connectivity index (χ0n) is 14.2. The molecule has 2 rings (SSSR count). The van der Waals surface area contributed by atoms with Gasteiger partial charge in [0.05, 0.1) is 0 Å². The van der Waals surface area contributed by atoms with Crippen molar-refractivity contribution >= 4 is 0 Å². The monoisotopic (exact) mass is 289 g/mol. The Labute approximate surface area is 130 Å². The van der Waals surface area contributed by atoms with E-state index in [0.29, 0.717) is 0 Å². The SMILES string of the molecule is CCCNCCC(C)CCc1ccc2c(c1)CC(C)(C)O2. The van der Waals surface area contributed by atoms with E-state index in [0.717, 1.165) is 31.2 Å². The smallest absolute Gasteiger partial charge is 0.123 e. The molecule has 118 valence electrons. The number of hydrogen-bond donors (Lipinski definition) is 1. The third-order valence-electron chi connectivity index (χ3n) is 4.29. The van der Waals surface area contributed by atoms with Crippen LogP contribution in [0.4, 0.5) is 0 Å². The third-order valence-corrected chi connectivity index (χ3v) is 4.29. The molecule has 2 nitrogen and oxygen atoms in total.